The van der Waals surface area contributed by atoms with Crippen molar-refractivity contribution in [3.8, 4) is 0 Å². The van der Waals surface area contributed by atoms with E-state index >= 15 is 0 Å². The van der Waals surface area contributed by atoms with E-state index in [1.165, 1.54) is 6.08 Å². The largest absolute Gasteiger partial charge is 0.463 e. The third-order valence-electron chi connectivity index (χ3n) is 2.32. The summed E-state index contributed by atoms with van der Waals surface area (Å²) in [5.74, 6) is -0.378. The SMILES string of the molecule is CCOC(=O)C=Cc1ccc(CC(=O)NC)cc1. The molecule has 1 aromatic rings. The van der Waals surface area contributed by atoms with Crippen LogP contribution in [0.3, 0.4) is 0 Å². The Hall–Kier alpha value is -2.10. The molecule has 4 heteroatoms. The first-order valence-corrected chi connectivity index (χ1v) is 5.80. The van der Waals surface area contributed by atoms with Crippen LogP contribution in [0.4, 0.5) is 0 Å². The minimum atomic E-state index is -0.355. The summed E-state index contributed by atoms with van der Waals surface area (Å²) in [5, 5.41) is 2.57. The van der Waals surface area contributed by atoms with Crippen LogP contribution in [0.5, 0.6) is 0 Å². The van der Waals surface area contributed by atoms with E-state index in [4.69, 9.17) is 4.74 Å². The molecule has 0 fully saturated rings. The number of hydrogen-bond donors (Lipinski definition) is 1. The van der Waals surface area contributed by atoms with Gasteiger partial charge in [0.05, 0.1) is 13.0 Å². The standard InChI is InChI=1S/C14H17NO3/c1-3-18-14(17)9-8-11-4-6-12(7-5-11)10-13(16)15-2/h4-9H,3,10H2,1-2H3,(H,15,16). The molecular formula is C14H17NO3. The van der Waals surface area contributed by atoms with Crippen LogP contribution in [0.1, 0.15) is 18.1 Å². The number of ether oxygens (including phenoxy) is 1. The van der Waals surface area contributed by atoms with Gasteiger partial charge in [-0.15, -0.1) is 0 Å². The topological polar surface area (TPSA) is 55.4 Å². The Morgan fingerprint density at radius 2 is 1.94 bits per heavy atom. The van der Waals surface area contributed by atoms with Crippen LogP contribution >= 0.6 is 0 Å². The van der Waals surface area contributed by atoms with Crippen LogP contribution in [-0.4, -0.2) is 25.5 Å². The molecule has 0 saturated carbocycles. The summed E-state index contributed by atoms with van der Waals surface area (Å²) in [6.45, 7) is 2.13. The van der Waals surface area contributed by atoms with E-state index in [2.05, 4.69) is 5.32 Å². The Bertz CT molecular complexity index is 435. The number of nitrogens with one attached hydrogen (secondary N) is 1. The number of rotatable bonds is 5. The molecule has 0 bridgehead atoms. The van der Waals surface area contributed by atoms with Gasteiger partial charge in [0, 0.05) is 13.1 Å². The van der Waals surface area contributed by atoms with Gasteiger partial charge in [-0.25, -0.2) is 4.79 Å². The molecule has 0 radical (unpaired) electrons. The van der Waals surface area contributed by atoms with E-state index in [0.717, 1.165) is 11.1 Å². The first-order chi connectivity index (χ1) is 8.65. The van der Waals surface area contributed by atoms with Crippen molar-refractivity contribution in [2.24, 2.45) is 0 Å². The average molecular weight is 247 g/mol. The highest BCUT2D eigenvalue weighted by Crippen LogP contribution is 2.07. The molecule has 0 saturated heterocycles. The van der Waals surface area contributed by atoms with Gasteiger partial charge < -0.3 is 10.1 Å². The minimum Gasteiger partial charge on any atom is -0.463 e. The highest BCUT2D eigenvalue weighted by molar-refractivity contribution is 5.87. The van der Waals surface area contributed by atoms with Gasteiger partial charge in [-0.1, -0.05) is 24.3 Å². The fourth-order valence-corrected chi connectivity index (χ4v) is 1.38. The number of carbonyl (C=O) groups excluding carboxylic acids is 2. The van der Waals surface area contributed by atoms with Crippen LogP contribution in [0.25, 0.3) is 6.08 Å². The molecule has 0 aliphatic carbocycles. The molecule has 1 N–H and O–H groups in total. The predicted molar refractivity (Wildman–Crippen MR) is 69.9 cm³/mol. The molecule has 0 aliphatic rings. The number of amides is 1. The van der Waals surface area contributed by atoms with Crippen molar-refractivity contribution in [1.82, 2.24) is 5.32 Å². The number of benzene rings is 1. The molecule has 0 aromatic heterocycles. The van der Waals surface area contributed by atoms with E-state index in [0.29, 0.717) is 13.0 Å². The van der Waals surface area contributed by atoms with E-state index in [9.17, 15) is 9.59 Å². The number of carbonyl (C=O) groups is 2. The number of hydrogen-bond acceptors (Lipinski definition) is 3. The summed E-state index contributed by atoms with van der Waals surface area (Å²) in [7, 11) is 1.61. The summed E-state index contributed by atoms with van der Waals surface area (Å²) in [6, 6.07) is 7.43. The molecule has 0 atom stereocenters. The maximum atomic E-state index is 11.2. The highest BCUT2D eigenvalue weighted by atomic mass is 16.5. The summed E-state index contributed by atoms with van der Waals surface area (Å²) in [4.78, 5) is 22.3. The Labute approximate surface area is 107 Å². The van der Waals surface area contributed by atoms with Crippen molar-refractivity contribution in [1.29, 1.82) is 0 Å². The van der Waals surface area contributed by atoms with Crippen LogP contribution in [0.2, 0.25) is 0 Å². The first kappa shape index (κ1) is 14.0. The van der Waals surface area contributed by atoms with Crippen molar-refractivity contribution in [3.63, 3.8) is 0 Å². The molecule has 1 rings (SSSR count). The molecular weight excluding hydrogens is 230 g/mol. The second-order valence-corrected chi connectivity index (χ2v) is 3.68. The zero-order valence-corrected chi connectivity index (χ0v) is 10.6. The quantitative estimate of drug-likeness (QED) is 0.634. The first-order valence-electron chi connectivity index (χ1n) is 5.80. The Balaban J connectivity index is 2.60. The Morgan fingerprint density at radius 1 is 1.28 bits per heavy atom. The average Bonchev–Trinajstić information content (AvgIpc) is 2.38. The fraction of sp³-hybridized carbons (Fsp3) is 0.286. The van der Waals surface area contributed by atoms with Crippen molar-refractivity contribution in [2.75, 3.05) is 13.7 Å². The third-order valence-corrected chi connectivity index (χ3v) is 2.32. The van der Waals surface area contributed by atoms with Gasteiger partial charge in [0.1, 0.15) is 0 Å². The lowest BCUT2D eigenvalue weighted by atomic mass is 10.1. The zero-order chi connectivity index (χ0) is 13.4. The predicted octanol–water partition coefficient (Wildman–Crippen LogP) is 1.55. The molecule has 96 valence electrons. The highest BCUT2D eigenvalue weighted by Gasteiger charge is 2.00. The van der Waals surface area contributed by atoms with Crippen molar-refractivity contribution in [2.45, 2.75) is 13.3 Å². The van der Waals surface area contributed by atoms with Crippen LogP contribution in [0.15, 0.2) is 30.3 Å². The molecule has 0 spiro atoms. The van der Waals surface area contributed by atoms with E-state index in [1.807, 2.05) is 24.3 Å². The Kier molecular flexibility index (Phi) is 5.64. The van der Waals surface area contributed by atoms with Crippen LogP contribution in [0, 0.1) is 0 Å². The molecule has 0 heterocycles. The van der Waals surface area contributed by atoms with Gasteiger partial charge in [-0.05, 0) is 24.1 Å². The van der Waals surface area contributed by atoms with Crippen molar-refractivity contribution < 1.29 is 14.3 Å². The normalized spacial score (nSPS) is 10.3. The summed E-state index contributed by atoms with van der Waals surface area (Å²) >= 11 is 0. The van der Waals surface area contributed by atoms with Gasteiger partial charge in [-0.2, -0.15) is 0 Å². The Morgan fingerprint density at radius 3 is 2.50 bits per heavy atom. The molecule has 1 aromatic carbocycles. The lowest BCUT2D eigenvalue weighted by Crippen LogP contribution is -2.19. The smallest absolute Gasteiger partial charge is 0.330 e. The summed E-state index contributed by atoms with van der Waals surface area (Å²) < 4.78 is 4.78. The molecule has 0 aliphatic heterocycles. The monoisotopic (exact) mass is 247 g/mol. The second kappa shape index (κ2) is 7.27. The zero-order valence-electron chi connectivity index (χ0n) is 10.6. The van der Waals surface area contributed by atoms with Gasteiger partial charge >= 0.3 is 5.97 Å². The van der Waals surface area contributed by atoms with E-state index < -0.39 is 0 Å². The number of likely N-dealkylation sites (N-methyl/N-ethyl adjacent to an activating group) is 1. The van der Waals surface area contributed by atoms with Gasteiger partial charge in [-0.3, -0.25) is 4.79 Å². The maximum Gasteiger partial charge on any atom is 0.330 e. The summed E-state index contributed by atoms with van der Waals surface area (Å²) in [5.41, 5.74) is 1.83. The lowest BCUT2D eigenvalue weighted by Gasteiger charge is -2.01. The molecule has 1 amide bonds. The van der Waals surface area contributed by atoms with Crippen molar-refractivity contribution in [3.05, 3.63) is 41.5 Å². The van der Waals surface area contributed by atoms with Crippen LogP contribution in [-0.2, 0) is 20.7 Å². The van der Waals surface area contributed by atoms with Crippen molar-refractivity contribution >= 4 is 18.0 Å². The van der Waals surface area contributed by atoms with E-state index in [1.54, 1.807) is 20.0 Å². The van der Waals surface area contributed by atoms with Gasteiger partial charge in [0.15, 0.2) is 0 Å². The summed E-state index contributed by atoms with van der Waals surface area (Å²) in [6.07, 6.45) is 3.43. The second-order valence-electron chi connectivity index (χ2n) is 3.68. The fourth-order valence-electron chi connectivity index (χ4n) is 1.38. The molecule has 0 unspecified atom stereocenters. The molecule has 4 nitrogen and oxygen atoms in total. The number of esters is 1. The van der Waals surface area contributed by atoms with E-state index in [-0.39, 0.29) is 11.9 Å². The minimum absolute atomic E-state index is 0.0233. The third kappa shape index (κ3) is 4.82. The van der Waals surface area contributed by atoms with Gasteiger partial charge in [0.25, 0.3) is 0 Å². The lowest BCUT2D eigenvalue weighted by molar-refractivity contribution is -0.137. The molecule has 18 heavy (non-hydrogen) atoms. The maximum absolute atomic E-state index is 11.2. The van der Waals surface area contributed by atoms with Crippen LogP contribution < -0.4 is 5.32 Å². The van der Waals surface area contributed by atoms with Gasteiger partial charge in [0.2, 0.25) is 5.91 Å².